The molecule has 0 N–H and O–H groups in total. The maximum Gasteiger partial charge on any atom is 0.156 e. The van der Waals surface area contributed by atoms with Crippen LogP contribution in [0.1, 0.15) is 76.2 Å². The Bertz CT molecular complexity index is 962. The van der Waals surface area contributed by atoms with Crippen LogP contribution in [0, 0.1) is 17.3 Å². The Labute approximate surface area is 185 Å². The highest BCUT2D eigenvalue weighted by Gasteiger charge is 2.64. The molecule has 5 atom stereocenters. The first-order chi connectivity index (χ1) is 15.0. The van der Waals surface area contributed by atoms with Gasteiger partial charge >= 0.3 is 0 Å². The van der Waals surface area contributed by atoms with E-state index in [4.69, 9.17) is 9.47 Å². The molecule has 2 saturated carbocycles. The van der Waals surface area contributed by atoms with E-state index in [-0.39, 0.29) is 11.0 Å². The van der Waals surface area contributed by atoms with Gasteiger partial charge in [0.1, 0.15) is 5.75 Å². The summed E-state index contributed by atoms with van der Waals surface area (Å²) < 4.78 is 12.1. The van der Waals surface area contributed by atoms with Crippen LogP contribution in [0.2, 0.25) is 0 Å². The highest BCUT2D eigenvalue weighted by molar-refractivity contribution is 5.93. The molecule has 31 heavy (non-hydrogen) atoms. The molecule has 3 nitrogen and oxygen atoms in total. The first-order valence-electron chi connectivity index (χ1n) is 12.3. The fourth-order valence-corrected chi connectivity index (χ4v) is 8.22. The molecule has 5 aliphatic rings. The molecule has 0 radical (unpaired) electrons. The maximum absolute atomic E-state index is 12.2. The lowest BCUT2D eigenvalue weighted by Crippen LogP contribution is -2.51. The first-order valence-corrected chi connectivity index (χ1v) is 12.3. The standard InChI is InChI=1S/C28H34O3/c1-27-17-24(18-4-8-21(30-2)9-5-18)26-22-11-7-20(29)16-19(22)6-10-23(26)25(27)12-14-28(27)13-3-15-31-28/h4-5,8-9,16,23-25H,3,6-7,10-15,17H2,1-2H3/t23-,24+,25-,27-,28?/m0/s1. The van der Waals surface area contributed by atoms with Crippen molar-refractivity contribution in [2.24, 2.45) is 17.3 Å². The van der Waals surface area contributed by atoms with Crippen LogP contribution in [0.5, 0.6) is 5.75 Å². The summed E-state index contributed by atoms with van der Waals surface area (Å²) in [5.41, 5.74) is 6.27. The molecule has 0 aromatic heterocycles. The van der Waals surface area contributed by atoms with Crippen LogP contribution in [0.15, 0.2) is 47.1 Å². The van der Waals surface area contributed by atoms with Gasteiger partial charge in [0.05, 0.1) is 12.7 Å². The number of ketones is 1. The third-order valence-corrected chi connectivity index (χ3v) is 9.65. The van der Waals surface area contributed by atoms with Crippen molar-refractivity contribution in [3.63, 3.8) is 0 Å². The molecule has 0 bridgehead atoms. The third kappa shape index (κ3) is 2.78. The second-order valence-electron chi connectivity index (χ2n) is 10.8. The lowest BCUT2D eigenvalue weighted by atomic mass is 9.51. The summed E-state index contributed by atoms with van der Waals surface area (Å²) in [7, 11) is 1.73. The zero-order valence-corrected chi connectivity index (χ0v) is 18.9. The summed E-state index contributed by atoms with van der Waals surface area (Å²) >= 11 is 0. The van der Waals surface area contributed by atoms with Gasteiger partial charge < -0.3 is 9.47 Å². The number of rotatable bonds is 2. The molecule has 1 unspecified atom stereocenters. The highest BCUT2D eigenvalue weighted by Crippen LogP contribution is 2.69. The minimum atomic E-state index is 0.0806. The molecular formula is C28H34O3. The predicted molar refractivity (Wildman–Crippen MR) is 121 cm³/mol. The minimum absolute atomic E-state index is 0.0806. The van der Waals surface area contributed by atoms with E-state index in [1.807, 2.05) is 6.08 Å². The van der Waals surface area contributed by atoms with E-state index < -0.39 is 0 Å². The van der Waals surface area contributed by atoms with Crippen LogP contribution >= 0.6 is 0 Å². The van der Waals surface area contributed by atoms with E-state index in [9.17, 15) is 4.79 Å². The fraction of sp³-hybridized carbons (Fsp3) is 0.607. The molecule has 0 amide bonds. The summed E-state index contributed by atoms with van der Waals surface area (Å²) in [4.78, 5) is 12.2. The van der Waals surface area contributed by atoms with E-state index in [0.717, 1.165) is 25.2 Å². The van der Waals surface area contributed by atoms with E-state index in [0.29, 0.717) is 30.0 Å². The summed E-state index contributed by atoms with van der Waals surface area (Å²) in [6.45, 7) is 3.49. The number of ether oxygens (including phenoxy) is 2. The number of carbonyl (C=O) groups excluding carboxylic acids is 1. The quantitative estimate of drug-likeness (QED) is 0.578. The number of hydrogen-bond acceptors (Lipinski definition) is 3. The van der Waals surface area contributed by atoms with E-state index in [1.54, 1.807) is 12.7 Å². The van der Waals surface area contributed by atoms with Crippen LogP contribution in [-0.4, -0.2) is 25.1 Å². The lowest BCUT2D eigenvalue weighted by Gasteiger charge is -2.55. The van der Waals surface area contributed by atoms with Gasteiger partial charge in [0.25, 0.3) is 0 Å². The van der Waals surface area contributed by atoms with E-state index in [2.05, 4.69) is 31.2 Å². The molecule has 3 heteroatoms. The maximum atomic E-state index is 12.2. The van der Waals surface area contributed by atoms with Gasteiger partial charge in [-0.2, -0.15) is 0 Å². The molecule has 1 aliphatic heterocycles. The predicted octanol–water partition coefficient (Wildman–Crippen LogP) is 6.14. The van der Waals surface area contributed by atoms with Crippen molar-refractivity contribution in [2.75, 3.05) is 13.7 Å². The van der Waals surface area contributed by atoms with Gasteiger partial charge in [0, 0.05) is 24.4 Å². The Hall–Kier alpha value is -1.87. The van der Waals surface area contributed by atoms with Gasteiger partial charge in [0.2, 0.25) is 0 Å². The molecule has 3 fully saturated rings. The van der Waals surface area contributed by atoms with Crippen LogP contribution in [0.3, 0.4) is 0 Å². The van der Waals surface area contributed by atoms with Crippen molar-refractivity contribution in [2.45, 2.75) is 76.2 Å². The molecule has 164 valence electrons. The van der Waals surface area contributed by atoms with Gasteiger partial charge in [-0.15, -0.1) is 0 Å². The number of allylic oxidation sites excluding steroid dienone is 4. The average molecular weight is 419 g/mol. The van der Waals surface area contributed by atoms with Gasteiger partial charge in [-0.3, -0.25) is 4.79 Å². The zero-order valence-electron chi connectivity index (χ0n) is 18.9. The molecule has 4 aliphatic carbocycles. The molecule has 1 heterocycles. The third-order valence-electron chi connectivity index (χ3n) is 9.65. The molecule has 1 aromatic rings. The van der Waals surface area contributed by atoms with Gasteiger partial charge in [0.15, 0.2) is 5.78 Å². The summed E-state index contributed by atoms with van der Waals surface area (Å²) in [6, 6.07) is 8.79. The average Bonchev–Trinajstić information content (AvgIpc) is 3.39. The van der Waals surface area contributed by atoms with Crippen LogP contribution in [0.25, 0.3) is 0 Å². The Morgan fingerprint density at radius 2 is 1.90 bits per heavy atom. The molecule has 1 spiro atoms. The fourth-order valence-electron chi connectivity index (χ4n) is 8.22. The van der Waals surface area contributed by atoms with E-state index >= 15 is 0 Å². The van der Waals surface area contributed by atoms with Crippen molar-refractivity contribution >= 4 is 5.78 Å². The number of benzene rings is 1. The molecule has 6 rings (SSSR count). The van der Waals surface area contributed by atoms with Crippen molar-refractivity contribution in [3.05, 3.63) is 52.6 Å². The van der Waals surface area contributed by atoms with Crippen molar-refractivity contribution in [1.82, 2.24) is 0 Å². The largest absolute Gasteiger partial charge is 0.497 e. The van der Waals surface area contributed by atoms with Crippen LogP contribution < -0.4 is 4.74 Å². The number of fused-ring (bicyclic) bond motifs is 5. The summed E-state index contributed by atoms with van der Waals surface area (Å²) in [5.74, 6) is 3.00. The van der Waals surface area contributed by atoms with Crippen LogP contribution in [-0.2, 0) is 9.53 Å². The van der Waals surface area contributed by atoms with Crippen molar-refractivity contribution < 1.29 is 14.3 Å². The lowest BCUT2D eigenvalue weighted by molar-refractivity contribution is -0.114. The SMILES string of the molecule is COc1ccc([C@H]2C[C@@]3(C)[C@@H](CCC34CCCO4)[C@@H]3CCC4=CC(=O)CCC4=C32)cc1. The number of carbonyl (C=O) groups is 1. The van der Waals surface area contributed by atoms with E-state index in [1.165, 1.54) is 55.2 Å². The van der Waals surface area contributed by atoms with Crippen molar-refractivity contribution in [3.8, 4) is 5.75 Å². The second kappa shape index (κ2) is 7.07. The Morgan fingerprint density at radius 3 is 2.65 bits per heavy atom. The van der Waals surface area contributed by atoms with Crippen molar-refractivity contribution in [1.29, 1.82) is 0 Å². The minimum Gasteiger partial charge on any atom is -0.497 e. The Balaban J connectivity index is 1.51. The number of methoxy groups -OCH3 is 1. The van der Waals surface area contributed by atoms with Gasteiger partial charge in [-0.1, -0.05) is 24.6 Å². The van der Waals surface area contributed by atoms with Gasteiger partial charge in [-0.05, 0) is 98.1 Å². The second-order valence-corrected chi connectivity index (χ2v) is 10.8. The number of hydrogen-bond donors (Lipinski definition) is 0. The molecule has 1 saturated heterocycles. The normalized spacial score (nSPS) is 39.2. The summed E-state index contributed by atoms with van der Waals surface area (Å²) in [5, 5.41) is 0. The molecule has 1 aromatic carbocycles. The topological polar surface area (TPSA) is 35.5 Å². The summed E-state index contributed by atoms with van der Waals surface area (Å²) in [6.07, 6.45) is 12.0. The van der Waals surface area contributed by atoms with Crippen LogP contribution in [0.4, 0.5) is 0 Å². The Morgan fingerprint density at radius 1 is 1.06 bits per heavy atom. The first kappa shape index (κ1) is 19.8. The Kier molecular flexibility index (Phi) is 4.51. The smallest absolute Gasteiger partial charge is 0.156 e. The zero-order chi connectivity index (χ0) is 21.2. The van der Waals surface area contributed by atoms with Gasteiger partial charge in [-0.25, -0.2) is 0 Å². The highest BCUT2D eigenvalue weighted by atomic mass is 16.5. The molecular weight excluding hydrogens is 384 g/mol. The monoisotopic (exact) mass is 418 g/mol.